The Balaban J connectivity index is 1.71. The minimum Gasteiger partial charge on any atom is -0.485 e. The Morgan fingerprint density at radius 3 is 2.33 bits per heavy atom. The summed E-state index contributed by atoms with van der Waals surface area (Å²) in [7, 11) is 0. The van der Waals surface area contributed by atoms with Crippen LogP contribution in [0.4, 0.5) is 13.6 Å². The molecule has 36 heavy (non-hydrogen) atoms. The van der Waals surface area contributed by atoms with Gasteiger partial charge in [0.15, 0.2) is 17.2 Å². The van der Waals surface area contributed by atoms with Crippen LogP contribution < -0.4 is 15.4 Å². The van der Waals surface area contributed by atoms with Gasteiger partial charge in [-0.3, -0.25) is 14.0 Å². The normalized spacial score (nSPS) is 11.3. The van der Waals surface area contributed by atoms with E-state index in [-0.39, 0.29) is 42.4 Å². The lowest BCUT2D eigenvalue weighted by molar-refractivity contribution is -0.117. The van der Waals surface area contributed by atoms with Gasteiger partial charge in [0, 0.05) is 6.20 Å². The van der Waals surface area contributed by atoms with E-state index < -0.39 is 35.0 Å². The molecule has 0 saturated heterocycles. The quantitative estimate of drug-likeness (QED) is 0.487. The number of pyridine rings is 1. The highest BCUT2D eigenvalue weighted by Gasteiger charge is 2.21. The number of carbonyl (C=O) groups excluding carboxylic acids is 3. The first-order valence-electron chi connectivity index (χ1n) is 11.2. The Labute approximate surface area is 206 Å². The molecule has 0 radical (unpaired) electrons. The second-order valence-electron chi connectivity index (χ2n) is 9.19. The summed E-state index contributed by atoms with van der Waals surface area (Å²) in [6.45, 7) is 7.45. The zero-order valence-corrected chi connectivity index (χ0v) is 20.7. The van der Waals surface area contributed by atoms with E-state index in [0.717, 1.165) is 12.1 Å². The highest BCUT2D eigenvalue weighted by molar-refractivity contribution is 5.98. The molecule has 1 aromatic carbocycles. The fraction of sp³-hybridized carbons (Fsp3) is 0.360. The van der Waals surface area contributed by atoms with Crippen LogP contribution in [0.5, 0.6) is 5.75 Å². The number of fused-ring (bicyclic) bond motifs is 1. The molecule has 0 saturated carbocycles. The number of alkyl carbamates (subject to hydrolysis) is 1. The van der Waals surface area contributed by atoms with E-state index in [1.165, 1.54) is 10.5 Å². The average Bonchev–Trinajstić information content (AvgIpc) is 3.10. The number of carbonyl (C=O) groups is 3. The minimum absolute atomic E-state index is 0.170. The molecule has 0 atom stereocenters. The first kappa shape index (κ1) is 26.6. The summed E-state index contributed by atoms with van der Waals surface area (Å²) >= 11 is 0. The lowest BCUT2D eigenvalue weighted by Gasteiger charge is -2.19. The monoisotopic (exact) mass is 502 g/mol. The number of hydrogen-bond acceptors (Lipinski definition) is 6. The Morgan fingerprint density at radius 2 is 1.69 bits per heavy atom. The summed E-state index contributed by atoms with van der Waals surface area (Å²) in [4.78, 5) is 41.1. The van der Waals surface area contributed by atoms with Crippen molar-refractivity contribution in [1.82, 2.24) is 20.0 Å². The summed E-state index contributed by atoms with van der Waals surface area (Å²) in [6.07, 6.45) is 0.922. The third-order valence-corrected chi connectivity index (χ3v) is 4.92. The van der Waals surface area contributed by atoms with Crippen LogP contribution in [0.2, 0.25) is 0 Å². The molecule has 2 N–H and O–H groups in total. The molecular weight excluding hydrogens is 474 g/mol. The average molecular weight is 503 g/mol. The zero-order valence-electron chi connectivity index (χ0n) is 20.7. The number of halogens is 2. The third kappa shape index (κ3) is 6.55. The van der Waals surface area contributed by atoms with Crippen LogP contribution in [-0.2, 0) is 16.1 Å². The lowest BCUT2D eigenvalue weighted by atomic mass is 10.2. The predicted octanol–water partition coefficient (Wildman–Crippen LogP) is 3.63. The molecular formula is C25H28F2N4O5. The number of aryl methyl sites for hydroxylation is 2. The van der Waals surface area contributed by atoms with Crippen molar-refractivity contribution in [3.8, 4) is 5.75 Å². The van der Waals surface area contributed by atoms with Crippen molar-refractivity contribution in [1.29, 1.82) is 0 Å². The number of imidazole rings is 1. The van der Waals surface area contributed by atoms with Gasteiger partial charge in [0.25, 0.3) is 5.91 Å². The number of ether oxygens (including phenoxy) is 2. The third-order valence-electron chi connectivity index (χ3n) is 4.92. The maximum Gasteiger partial charge on any atom is 0.408 e. The van der Waals surface area contributed by atoms with Gasteiger partial charge in [-0.15, -0.1) is 0 Å². The summed E-state index contributed by atoms with van der Waals surface area (Å²) in [5.74, 6) is -2.24. The van der Waals surface area contributed by atoms with Crippen LogP contribution in [-0.4, -0.2) is 45.9 Å². The van der Waals surface area contributed by atoms with Gasteiger partial charge in [-0.2, -0.15) is 0 Å². The first-order valence-corrected chi connectivity index (χ1v) is 11.2. The number of hydrogen-bond donors (Lipinski definition) is 2. The fourth-order valence-electron chi connectivity index (χ4n) is 3.37. The predicted molar refractivity (Wildman–Crippen MR) is 127 cm³/mol. The first-order chi connectivity index (χ1) is 16.9. The number of aromatic nitrogens is 2. The number of amides is 2. The lowest BCUT2D eigenvalue weighted by Crippen LogP contribution is -2.39. The van der Waals surface area contributed by atoms with E-state index >= 15 is 0 Å². The Kier molecular flexibility index (Phi) is 7.91. The topological polar surface area (TPSA) is 111 Å². The summed E-state index contributed by atoms with van der Waals surface area (Å²) in [5.41, 5.74) is 0.583. The molecule has 192 valence electrons. The summed E-state index contributed by atoms with van der Waals surface area (Å²) in [6, 6.07) is 5.19. The molecule has 2 amide bonds. The molecule has 2 heterocycles. The van der Waals surface area contributed by atoms with E-state index in [1.807, 2.05) is 0 Å². The summed E-state index contributed by atoms with van der Waals surface area (Å²) in [5, 5.41) is 4.86. The Morgan fingerprint density at radius 1 is 1.06 bits per heavy atom. The highest BCUT2D eigenvalue weighted by atomic mass is 19.1. The minimum atomic E-state index is -0.738. The number of benzene rings is 1. The van der Waals surface area contributed by atoms with Crippen molar-refractivity contribution in [2.24, 2.45) is 0 Å². The molecule has 2 aromatic heterocycles. The molecule has 0 aliphatic rings. The van der Waals surface area contributed by atoms with E-state index in [4.69, 9.17) is 9.47 Å². The van der Waals surface area contributed by atoms with E-state index in [9.17, 15) is 23.2 Å². The second kappa shape index (κ2) is 10.7. The van der Waals surface area contributed by atoms with Gasteiger partial charge in [0.1, 0.15) is 29.5 Å². The molecule has 11 heteroatoms. The van der Waals surface area contributed by atoms with Gasteiger partial charge < -0.3 is 20.1 Å². The molecule has 0 unspecified atom stereocenters. The van der Waals surface area contributed by atoms with E-state index in [1.54, 1.807) is 46.9 Å². The molecule has 3 rings (SSSR count). The maximum absolute atomic E-state index is 14.0. The number of nitrogens with zero attached hydrogens (tertiary/aromatic N) is 2. The van der Waals surface area contributed by atoms with Crippen molar-refractivity contribution in [2.45, 2.75) is 46.8 Å². The molecule has 0 bridgehead atoms. The van der Waals surface area contributed by atoms with Crippen molar-refractivity contribution in [3.63, 3.8) is 0 Å². The van der Waals surface area contributed by atoms with Crippen molar-refractivity contribution in [2.75, 3.05) is 13.1 Å². The van der Waals surface area contributed by atoms with Gasteiger partial charge in [0.05, 0.1) is 24.3 Å². The number of rotatable bonds is 8. The van der Waals surface area contributed by atoms with Crippen LogP contribution in [0.1, 0.15) is 48.1 Å². The van der Waals surface area contributed by atoms with Gasteiger partial charge in [-0.1, -0.05) is 6.07 Å². The van der Waals surface area contributed by atoms with Crippen molar-refractivity contribution in [3.05, 3.63) is 64.6 Å². The van der Waals surface area contributed by atoms with Crippen LogP contribution in [0.3, 0.4) is 0 Å². The van der Waals surface area contributed by atoms with Crippen molar-refractivity contribution < 1.29 is 32.6 Å². The van der Waals surface area contributed by atoms with Crippen molar-refractivity contribution >= 4 is 23.4 Å². The van der Waals surface area contributed by atoms with E-state index in [0.29, 0.717) is 11.3 Å². The van der Waals surface area contributed by atoms with Crippen LogP contribution in [0, 0.1) is 25.5 Å². The molecule has 3 aromatic rings. The molecule has 0 aliphatic carbocycles. The molecule has 0 spiro atoms. The van der Waals surface area contributed by atoms with Gasteiger partial charge in [-0.25, -0.2) is 18.6 Å². The second-order valence-corrected chi connectivity index (χ2v) is 9.19. The standard InChI is InChI=1S/C25H28F2N4O5/c1-14-9-20(35-13-17-18(26)7-6-8-19(17)27)22-30-15(2)21(31(22)12-14)23(33)28-10-16(32)11-29-24(34)36-25(3,4)5/h6-9,12H,10-11,13H2,1-5H3,(H,28,33)(H,29,34). The van der Waals surface area contributed by atoms with Gasteiger partial charge >= 0.3 is 6.09 Å². The molecule has 0 fully saturated rings. The smallest absolute Gasteiger partial charge is 0.408 e. The fourth-order valence-corrected chi connectivity index (χ4v) is 3.37. The SMILES string of the molecule is Cc1cc(OCc2c(F)cccc2F)c2nc(C)c(C(=O)NCC(=O)CNC(=O)OC(C)(C)C)n2c1. The number of Topliss-reactive ketones (excluding diaryl/α,β-unsaturated/α-hetero) is 1. The van der Waals surface area contributed by atoms with E-state index in [2.05, 4.69) is 15.6 Å². The van der Waals surface area contributed by atoms with Crippen LogP contribution in [0.15, 0.2) is 30.5 Å². The number of ketones is 1. The van der Waals surface area contributed by atoms with Gasteiger partial charge in [-0.05, 0) is 58.4 Å². The maximum atomic E-state index is 14.0. The van der Waals surface area contributed by atoms with Gasteiger partial charge in [0.2, 0.25) is 0 Å². The zero-order chi connectivity index (χ0) is 26.6. The Bertz CT molecular complexity index is 1290. The largest absolute Gasteiger partial charge is 0.485 e. The molecule has 0 aliphatic heterocycles. The summed E-state index contributed by atoms with van der Waals surface area (Å²) < 4.78 is 40.2. The number of nitrogens with one attached hydrogen (secondary N) is 2. The van der Waals surface area contributed by atoms with Crippen LogP contribution >= 0.6 is 0 Å². The van der Waals surface area contributed by atoms with Crippen LogP contribution in [0.25, 0.3) is 5.65 Å². The Hall–Kier alpha value is -4.02. The highest BCUT2D eigenvalue weighted by Crippen LogP contribution is 2.26. The molecule has 9 nitrogen and oxygen atoms in total.